The van der Waals surface area contributed by atoms with Crippen LogP contribution >= 0.6 is 22.6 Å². The van der Waals surface area contributed by atoms with Crippen LogP contribution < -0.4 is 10.1 Å². The van der Waals surface area contributed by atoms with E-state index in [1.54, 1.807) is 7.11 Å². The fourth-order valence-corrected chi connectivity index (χ4v) is 3.33. The van der Waals surface area contributed by atoms with E-state index in [2.05, 4.69) is 32.9 Å². The van der Waals surface area contributed by atoms with Crippen molar-refractivity contribution in [3.63, 3.8) is 0 Å². The zero-order valence-corrected chi connectivity index (χ0v) is 18.8. The molecule has 0 saturated heterocycles. The van der Waals surface area contributed by atoms with Crippen molar-refractivity contribution in [2.24, 2.45) is 0 Å². The Hall–Kier alpha value is -2.45. The zero-order chi connectivity index (χ0) is 20.8. The second-order valence-electron chi connectivity index (χ2n) is 6.72. The summed E-state index contributed by atoms with van der Waals surface area (Å²) in [6, 6.07) is 18.8. The third-order valence-corrected chi connectivity index (χ3v) is 5.10. The van der Waals surface area contributed by atoms with Crippen LogP contribution in [0.15, 0.2) is 60.7 Å². The summed E-state index contributed by atoms with van der Waals surface area (Å²) in [4.78, 5) is 17.2. The van der Waals surface area contributed by atoms with Crippen LogP contribution in [0.4, 0.5) is 5.69 Å². The molecule has 29 heavy (non-hydrogen) atoms. The highest BCUT2D eigenvalue weighted by molar-refractivity contribution is 14.1. The fourth-order valence-electron chi connectivity index (χ4n) is 2.82. The van der Waals surface area contributed by atoms with E-state index in [0.29, 0.717) is 29.1 Å². The molecule has 0 saturated carbocycles. The van der Waals surface area contributed by atoms with Crippen LogP contribution in [0.2, 0.25) is 0 Å². The molecule has 1 N–H and O–H groups in total. The molecule has 6 heteroatoms. The number of pyridine rings is 1. The maximum atomic E-state index is 12.6. The average Bonchev–Trinajstić information content (AvgIpc) is 2.69. The van der Waals surface area contributed by atoms with E-state index in [-0.39, 0.29) is 12.0 Å². The summed E-state index contributed by atoms with van der Waals surface area (Å²) in [5.74, 6) is 1.30. The Morgan fingerprint density at radius 3 is 2.52 bits per heavy atom. The van der Waals surface area contributed by atoms with Crippen molar-refractivity contribution in [2.75, 3.05) is 12.4 Å². The zero-order valence-electron chi connectivity index (χ0n) is 16.6. The van der Waals surface area contributed by atoms with Crippen molar-refractivity contribution in [3.8, 4) is 11.5 Å². The lowest BCUT2D eigenvalue weighted by Crippen LogP contribution is -2.16. The van der Waals surface area contributed by atoms with E-state index in [4.69, 9.17) is 9.47 Å². The molecule has 0 aliphatic rings. The molecule has 1 aromatic heterocycles. The number of rotatable bonds is 7. The molecule has 2 aromatic carbocycles. The van der Waals surface area contributed by atoms with Gasteiger partial charge in [-0.1, -0.05) is 6.07 Å². The number of anilines is 1. The third-order valence-electron chi connectivity index (χ3n) is 4.43. The van der Waals surface area contributed by atoms with Crippen molar-refractivity contribution >= 4 is 34.2 Å². The Labute approximate surface area is 184 Å². The molecule has 0 aliphatic carbocycles. The minimum absolute atomic E-state index is 0.0849. The molecule has 3 aromatic rings. The quantitative estimate of drug-likeness (QED) is 0.427. The van der Waals surface area contributed by atoms with Gasteiger partial charge in [-0.3, -0.25) is 9.78 Å². The minimum Gasteiger partial charge on any atom is -0.457 e. The number of carbonyl (C=O) groups excluding carboxylic acids is 1. The van der Waals surface area contributed by atoms with Gasteiger partial charge in [-0.15, -0.1) is 0 Å². The molecular weight excluding hydrogens is 479 g/mol. The summed E-state index contributed by atoms with van der Waals surface area (Å²) < 4.78 is 12.2. The van der Waals surface area contributed by atoms with Crippen molar-refractivity contribution in [2.45, 2.75) is 26.4 Å². The van der Waals surface area contributed by atoms with Gasteiger partial charge in [0.05, 0.1) is 17.4 Å². The summed E-state index contributed by atoms with van der Waals surface area (Å²) >= 11 is 2.25. The molecule has 1 atom stereocenters. The van der Waals surface area contributed by atoms with Gasteiger partial charge in [0.2, 0.25) is 0 Å². The monoisotopic (exact) mass is 502 g/mol. The standard InChI is InChI=1S/C23H23IN2O3/c1-15(28-3)13-19-9-12-22(16(2)25-19)23(27)26-18-7-10-20(11-8-18)29-21-6-4-5-17(24)14-21/h4-12,14-15H,13H2,1-3H3,(H,26,27). The molecule has 0 aliphatic heterocycles. The van der Waals surface area contributed by atoms with E-state index in [9.17, 15) is 4.79 Å². The lowest BCUT2D eigenvalue weighted by Gasteiger charge is -2.12. The van der Waals surface area contributed by atoms with E-state index in [1.165, 1.54) is 0 Å². The van der Waals surface area contributed by atoms with Gasteiger partial charge in [0.1, 0.15) is 11.5 Å². The number of carbonyl (C=O) groups is 1. The number of hydrogen-bond acceptors (Lipinski definition) is 4. The van der Waals surface area contributed by atoms with Crippen molar-refractivity contribution < 1.29 is 14.3 Å². The highest BCUT2D eigenvalue weighted by Gasteiger charge is 2.12. The smallest absolute Gasteiger partial charge is 0.257 e. The van der Waals surface area contributed by atoms with Gasteiger partial charge in [-0.2, -0.15) is 0 Å². The van der Waals surface area contributed by atoms with E-state index in [0.717, 1.165) is 15.0 Å². The summed E-state index contributed by atoms with van der Waals surface area (Å²) in [6.45, 7) is 3.83. The number of halogens is 1. The second kappa shape index (κ2) is 9.84. The number of aryl methyl sites for hydroxylation is 1. The minimum atomic E-state index is -0.187. The van der Waals surface area contributed by atoms with Gasteiger partial charge in [0.25, 0.3) is 5.91 Å². The van der Waals surface area contributed by atoms with Crippen molar-refractivity contribution in [1.29, 1.82) is 0 Å². The van der Waals surface area contributed by atoms with Gasteiger partial charge in [0, 0.05) is 28.5 Å². The maximum Gasteiger partial charge on any atom is 0.257 e. The molecule has 0 spiro atoms. The summed E-state index contributed by atoms with van der Waals surface area (Å²) in [5.41, 5.74) is 2.85. The normalized spacial score (nSPS) is 11.7. The van der Waals surface area contributed by atoms with E-state index in [1.807, 2.05) is 74.5 Å². The predicted octanol–water partition coefficient (Wildman–Crippen LogP) is 5.62. The molecule has 5 nitrogen and oxygen atoms in total. The number of nitrogens with one attached hydrogen (secondary N) is 1. The number of benzene rings is 2. The first kappa shape index (κ1) is 21.3. The topological polar surface area (TPSA) is 60.5 Å². The SMILES string of the molecule is COC(C)Cc1ccc(C(=O)Nc2ccc(Oc3cccc(I)c3)cc2)c(C)n1. The van der Waals surface area contributed by atoms with Crippen LogP contribution in [0, 0.1) is 10.5 Å². The number of methoxy groups -OCH3 is 1. The number of aromatic nitrogens is 1. The van der Waals surface area contributed by atoms with Crippen LogP contribution in [0.1, 0.15) is 28.7 Å². The molecule has 1 amide bonds. The van der Waals surface area contributed by atoms with Crippen LogP contribution in [0.3, 0.4) is 0 Å². The van der Waals surface area contributed by atoms with Crippen LogP contribution in [-0.4, -0.2) is 24.1 Å². The van der Waals surface area contributed by atoms with Gasteiger partial charge in [-0.05, 0) is 91.0 Å². The Kier molecular flexibility index (Phi) is 7.22. The lowest BCUT2D eigenvalue weighted by molar-refractivity contribution is 0.102. The van der Waals surface area contributed by atoms with Crippen LogP contribution in [0.5, 0.6) is 11.5 Å². The van der Waals surface area contributed by atoms with Gasteiger partial charge in [-0.25, -0.2) is 0 Å². The molecule has 1 heterocycles. The first-order valence-corrected chi connectivity index (χ1v) is 10.4. The Morgan fingerprint density at radius 2 is 1.86 bits per heavy atom. The Balaban J connectivity index is 1.64. The number of hydrogen-bond donors (Lipinski definition) is 1. The Bertz CT molecular complexity index is 990. The van der Waals surface area contributed by atoms with E-state index < -0.39 is 0 Å². The van der Waals surface area contributed by atoms with Gasteiger partial charge >= 0.3 is 0 Å². The summed E-state index contributed by atoms with van der Waals surface area (Å²) in [6.07, 6.45) is 0.794. The number of nitrogens with zero attached hydrogens (tertiary/aromatic N) is 1. The molecular formula is C23H23IN2O3. The first-order chi connectivity index (χ1) is 13.9. The van der Waals surface area contributed by atoms with Crippen LogP contribution in [-0.2, 0) is 11.2 Å². The average molecular weight is 502 g/mol. The largest absolute Gasteiger partial charge is 0.457 e. The van der Waals surface area contributed by atoms with E-state index >= 15 is 0 Å². The van der Waals surface area contributed by atoms with Crippen LogP contribution in [0.25, 0.3) is 0 Å². The molecule has 150 valence electrons. The molecule has 1 unspecified atom stereocenters. The highest BCUT2D eigenvalue weighted by Crippen LogP contribution is 2.24. The van der Waals surface area contributed by atoms with Crippen molar-refractivity contribution in [1.82, 2.24) is 4.98 Å². The summed E-state index contributed by atoms with van der Waals surface area (Å²) in [5, 5.41) is 2.91. The number of amides is 1. The molecule has 0 radical (unpaired) electrons. The predicted molar refractivity (Wildman–Crippen MR) is 123 cm³/mol. The second-order valence-corrected chi connectivity index (χ2v) is 7.97. The maximum absolute atomic E-state index is 12.6. The number of ether oxygens (including phenoxy) is 2. The highest BCUT2D eigenvalue weighted by atomic mass is 127. The lowest BCUT2D eigenvalue weighted by atomic mass is 10.1. The fraction of sp³-hybridized carbons (Fsp3) is 0.217. The van der Waals surface area contributed by atoms with Crippen molar-refractivity contribution in [3.05, 3.63) is 81.2 Å². The Morgan fingerprint density at radius 1 is 1.10 bits per heavy atom. The third kappa shape index (κ3) is 6.01. The first-order valence-electron chi connectivity index (χ1n) is 9.29. The molecule has 3 rings (SSSR count). The van der Waals surface area contributed by atoms with Gasteiger partial charge in [0.15, 0.2) is 0 Å². The molecule has 0 fully saturated rings. The summed E-state index contributed by atoms with van der Waals surface area (Å²) in [7, 11) is 1.68. The molecule has 0 bridgehead atoms. The van der Waals surface area contributed by atoms with Gasteiger partial charge < -0.3 is 14.8 Å².